The van der Waals surface area contributed by atoms with Crippen molar-refractivity contribution in [1.29, 1.82) is 0 Å². The Bertz CT molecular complexity index is 766. The van der Waals surface area contributed by atoms with Gasteiger partial charge in [-0.2, -0.15) is 0 Å². The van der Waals surface area contributed by atoms with Crippen molar-refractivity contribution in [2.24, 2.45) is 0 Å². The first-order chi connectivity index (χ1) is 11.5. The Morgan fingerprint density at radius 3 is 2.58 bits per heavy atom. The molecule has 0 radical (unpaired) electrons. The minimum absolute atomic E-state index is 0.000352. The zero-order chi connectivity index (χ0) is 17.0. The van der Waals surface area contributed by atoms with Crippen LogP contribution >= 0.6 is 11.8 Å². The van der Waals surface area contributed by atoms with Crippen molar-refractivity contribution >= 4 is 27.5 Å². The molecule has 2 heterocycles. The number of furan rings is 1. The van der Waals surface area contributed by atoms with Crippen LogP contribution in [0.25, 0.3) is 0 Å². The van der Waals surface area contributed by atoms with Crippen molar-refractivity contribution in [3.05, 3.63) is 60.1 Å². The van der Waals surface area contributed by atoms with E-state index in [4.69, 9.17) is 4.42 Å². The first-order valence-corrected chi connectivity index (χ1v) is 10.5. The van der Waals surface area contributed by atoms with E-state index in [1.807, 2.05) is 30.3 Å². The molecular formula is C17H19NO4S2. The summed E-state index contributed by atoms with van der Waals surface area (Å²) in [6.07, 6.45) is 1.46. The fraction of sp³-hybridized carbons (Fsp3) is 0.353. The lowest BCUT2D eigenvalue weighted by atomic mass is 10.2. The highest BCUT2D eigenvalue weighted by atomic mass is 32.2. The number of nitrogens with zero attached hydrogens (tertiary/aromatic N) is 1. The fourth-order valence-corrected chi connectivity index (χ4v) is 5.00. The van der Waals surface area contributed by atoms with Crippen molar-refractivity contribution in [1.82, 2.24) is 4.90 Å². The van der Waals surface area contributed by atoms with Gasteiger partial charge in [-0.15, -0.1) is 11.8 Å². The molecule has 0 spiro atoms. The van der Waals surface area contributed by atoms with Gasteiger partial charge in [-0.25, -0.2) is 8.42 Å². The maximum atomic E-state index is 12.2. The molecule has 0 N–H and O–H groups in total. The molecule has 0 saturated carbocycles. The van der Waals surface area contributed by atoms with Crippen LogP contribution in [0.4, 0.5) is 0 Å². The topological polar surface area (TPSA) is 67.6 Å². The molecule has 5 nitrogen and oxygen atoms in total. The number of carbonyl (C=O) groups is 1. The van der Waals surface area contributed by atoms with Gasteiger partial charge in [0.1, 0.15) is 11.5 Å². The predicted molar refractivity (Wildman–Crippen MR) is 94.3 cm³/mol. The van der Waals surface area contributed by atoms with E-state index in [0.717, 1.165) is 5.75 Å². The third kappa shape index (κ3) is 4.21. The van der Waals surface area contributed by atoms with Crippen molar-refractivity contribution in [2.75, 3.05) is 18.8 Å². The van der Waals surface area contributed by atoms with E-state index in [9.17, 15) is 13.2 Å². The SMILES string of the molecule is O=C(CSCc1ccccc1)N1CC(S(=O)(=O)Cc2ccco2)C1. The molecule has 2 aromatic rings. The lowest BCUT2D eigenvalue weighted by Crippen LogP contribution is -2.57. The Hall–Kier alpha value is -1.73. The summed E-state index contributed by atoms with van der Waals surface area (Å²) in [7, 11) is -3.27. The van der Waals surface area contributed by atoms with Crippen LogP contribution in [0.2, 0.25) is 0 Å². The van der Waals surface area contributed by atoms with Crippen molar-refractivity contribution < 1.29 is 17.6 Å². The number of likely N-dealkylation sites (tertiary alicyclic amines) is 1. The average molecular weight is 365 g/mol. The highest BCUT2D eigenvalue weighted by Crippen LogP contribution is 2.22. The van der Waals surface area contributed by atoms with Crippen LogP contribution in [-0.4, -0.2) is 43.3 Å². The number of thioether (sulfide) groups is 1. The molecule has 24 heavy (non-hydrogen) atoms. The van der Waals surface area contributed by atoms with Gasteiger partial charge in [0.05, 0.1) is 17.3 Å². The summed E-state index contributed by atoms with van der Waals surface area (Å²) in [6.45, 7) is 0.571. The van der Waals surface area contributed by atoms with Gasteiger partial charge in [-0.3, -0.25) is 4.79 Å². The number of amides is 1. The molecule has 0 bridgehead atoms. The van der Waals surface area contributed by atoms with Crippen LogP contribution in [0, 0.1) is 0 Å². The maximum Gasteiger partial charge on any atom is 0.232 e. The first kappa shape index (κ1) is 17.1. The molecule has 1 saturated heterocycles. The first-order valence-electron chi connectivity index (χ1n) is 7.68. The van der Waals surface area contributed by atoms with E-state index in [1.54, 1.807) is 28.8 Å². The molecule has 0 unspecified atom stereocenters. The average Bonchev–Trinajstić information content (AvgIpc) is 2.98. The molecule has 0 aliphatic carbocycles. The van der Waals surface area contributed by atoms with Crippen LogP contribution < -0.4 is 0 Å². The summed E-state index contributed by atoms with van der Waals surface area (Å²) in [5.41, 5.74) is 1.18. The van der Waals surface area contributed by atoms with Crippen LogP contribution in [0.3, 0.4) is 0 Å². The number of hydrogen-bond acceptors (Lipinski definition) is 5. The standard InChI is InChI=1S/C17H19NO4S2/c19-17(12-23-11-14-5-2-1-3-6-14)18-9-16(10-18)24(20,21)13-15-7-4-8-22-15/h1-8,16H,9-13H2. The molecular weight excluding hydrogens is 346 g/mol. The summed E-state index contributed by atoms with van der Waals surface area (Å²) in [5.74, 6) is 1.49. The zero-order valence-electron chi connectivity index (χ0n) is 13.1. The molecule has 1 fully saturated rings. The molecule has 7 heteroatoms. The smallest absolute Gasteiger partial charge is 0.232 e. The van der Waals surface area contributed by atoms with Crippen molar-refractivity contribution in [3.63, 3.8) is 0 Å². The molecule has 3 rings (SSSR count). The molecule has 1 aliphatic heterocycles. The summed E-state index contributed by atoms with van der Waals surface area (Å²) >= 11 is 1.55. The van der Waals surface area contributed by atoms with Crippen molar-refractivity contribution in [2.45, 2.75) is 16.8 Å². The van der Waals surface area contributed by atoms with Crippen LogP contribution in [-0.2, 0) is 26.1 Å². The number of benzene rings is 1. The number of sulfone groups is 1. The Balaban J connectivity index is 1.41. The minimum atomic E-state index is -3.27. The van der Waals surface area contributed by atoms with E-state index in [1.165, 1.54) is 11.8 Å². The monoisotopic (exact) mass is 365 g/mol. The van der Waals surface area contributed by atoms with Gasteiger partial charge in [-0.1, -0.05) is 30.3 Å². The van der Waals surface area contributed by atoms with Crippen LogP contribution in [0.1, 0.15) is 11.3 Å². The van der Waals surface area contributed by atoms with Gasteiger partial charge in [0.15, 0.2) is 9.84 Å². The van der Waals surface area contributed by atoms with Gasteiger partial charge in [-0.05, 0) is 17.7 Å². The van der Waals surface area contributed by atoms with E-state index in [2.05, 4.69) is 0 Å². The van der Waals surface area contributed by atoms with Crippen LogP contribution in [0.5, 0.6) is 0 Å². The third-order valence-corrected chi connectivity index (χ3v) is 6.96. The lowest BCUT2D eigenvalue weighted by Gasteiger charge is -2.38. The largest absolute Gasteiger partial charge is 0.468 e. The highest BCUT2D eigenvalue weighted by molar-refractivity contribution is 7.99. The second-order valence-corrected chi connectivity index (χ2v) is 9.05. The third-order valence-electron chi connectivity index (χ3n) is 3.97. The Kier molecular flexibility index (Phi) is 5.30. The Morgan fingerprint density at radius 1 is 1.17 bits per heavy atom. The van der Waals surface area contributed by atoms with Gasteiger partial charge in [0.2, 0.25) is 5.91 Å². The van der Waals surface area contributed by atoms with Gasteiger partial charge >= 0.3 is 0 Å². The number of rotatable bonds is 7. The highest BCUT2D eigenvalue weighted by Gasteiger charge is 2.39. The predicted octanol–water partition coefficient (Wildman–Crippen LogP) is 2.34. The lowest BCUT2D eigenvalue weighted by molar-refractivity contribution is -0.131. The Morgan fingerprint density at radius 2 is 1.92 bits per heavy atom. The zero-order valence-corrected chi connectivity index (χ0v) is 14.8. The molecule has 1 amide bonds. The van der Waals surface area contributed by atoms with Crippen molar-refractivity contribution in [3.8, 4) is 0 Å². The second kappa shape index (κ2) is 7.44. The molecule has 0 atom stereocenters. The van der Waals surface area contributed by atoms with Crippen LogP contribution in [0.15, 0.2) is 53.1 Å². The second-order valence-electron chi connectivity index (χ2n) is 5.79. The molecule has 1 aromatic carbocycles. The maximum absolute atomic E-state index is 12.2. The quantitative estimate of drug-likeness (QED) is 0.753. The molecule has 128 valence electrons. The van der Waals surface area contributed by atoms with E-state index in [-0.39, 0.29) is 24.7 Å². The minimum Gasteiger partial charge on any atom is -0.468 e. The molecule has 1 aromatic heterocycles. The Labute approximate surface area is 146 Å². The number of carbonyl (C=O) groups excluding carboxylic acids is 1. The number of hydrogen-bond donors (Lipinski definition) is 0. The summed E-state index contributed by atoms with van der Waals surface area (Å²) < 4.78 is 29.6. The van der Waals surface area contributed by atoms with E-state index < -0.39 is 15.1 Å². The normalized spacial score (nSPS) is 15.2. The van der Waals surface area contributed by atoms with E-state index in [0.29, 0.717) is 11.5 Å². The molecule has 1 aliphatic rings. The van der Waals surface area contributed by atoms with E-state index >= 15 is 0 Å². The fourth-order valence-electron chi connectivity index (χ4n) is 2.50. The van der Waals surface area contributed by atoms with Gasteiger partial charge in [0, 0.05) is 18.8 Å². The van der Waals surface area contributed by atoms with Gasteiger partial charge in [0.25, 0.3) is 0 Å². The summed E-state index contributed by atoms with van der Waals surface area (Å²) in [6, 6.07) is 13.3. The summed E-state index contributed by atoms with van der Waals surface area (Å²) in [5, 5.41) is -0.481. The van der Waals surface area contributed by atoms with Gasteiger partial charge < -0.3 is 9.32 Å². The summed E-state index contributed by atoms with van der Waals surface area (Å²) in [4.78, 5) is 13.7.